The molecule has 0 aliphatic heterocycles. The van der Waals surface area contributed by atoms with Gasteiger partial charge in [-0.3, -0.25) is 4.79 Å². The number of nitrogens with zero attached hydrogens (tertiary/aromatic N) is 2. The minimum absolute atomic E-state index is 0.0768. The lowest BCUT2D eigenvalue weighted by atomic mass is 10.1. The molecule has 0 aliphatic rings. The van der Waals surface area contributed by atoms with Crippen LogP contribution in [0.1, 0.15) is 18.4 Å². The van der Waals surface area contributed by atoms with Gasteiger partial charge in [0, 0.05) is 20.0 Å². The molecule has 5 heteroatoms. The van der Waals surface area contributed by atoms with Crippen LogP contribution in [0.3, 0.4) is 0 Å². The third-order valence-corrected chi connectivity index (χ3v) is 2.37. The summed E-state index contributed by atoms with van der Waals surface area (Å²) in [6.45, 7) is 0.507. The van der Waals surface area contributed by atoms with Gasteiger partial charge in [0.15, 0.2) is 0 Å². The lowest BCUT2D eigenvalue weighted by Gasteiger charge is -2.19. The minimum atomic E-state index is -0.849. The topological polar surface area (TPSA) is 64.3 Å². The van der Waals surface area contributed by atoms with E-state index < -0.39 is 11.8 Å². The molecule has 1 rings (SSSR count). The number of hydrogen-bond donors (Lipinski definition) is 1. The lowest BCUT2D eigenvalue weighted by Crippen LogP contribution is -2.20. The van der Waals surface area contributed by atoms with Gasteiger partial charge >= 0.3 is 5.97 Å². The van der Waals surface area contributed by atoms with Gasteiger partial charge in [0.25, 0.3) is 0 Å². The van der Waals surface area contributed by atoms with Gasteiger partial charge in [-0.2, -0.15) is 5.26 Å². The Kier molecular flexibility index (Phi) is 4.46. The fraction of sp³-hybridized carbons (Fsp3) is 0.333. The molecule has 0 spiro atoms. The smallest absolute Gasteiger partial charge is 0.303 e. The Bertz CT molecular complexity index is 454. The lowest BCUT2D eigenvalue weighted by molar-refractivity contribution is -0.137. The van der Waals surface area contributed by atoms with E-state index in [0.717, 1.165) is 0 Å². The van der Waals surface area contributed by atoms with E-state index in [1.54, 1.807) is 11.9 Å². The summed E-state index contributed by atoms with van der Waals surface area (Å²) in [5.74, 6) is -1.30. The van der Waals surface area contributed by atoms with Crippen molar-refractivity contribution in [3.8, 4) is 6.07 Å². The Morgan fingerprint density at radius 3 is 2.88 bits per heavy atom. The maximum atomic E-state index is 12.9. The standard InChI is InChI=1S/C12H13FN2O2/c1-15(6-2-3-12(16)17)11-5-4-10(13)7-9(11)8-14/h4-5,7H,2-3,6H2,1H3,(H,16,17). The van der Waals surface area contributed by atoms with E-state index in [9.17, 15) is 9.18 Å². The third-order valence-electron chi connectivity index (χ3n) is 2.37. The molecule has 90 valence electrons. The molecule has 0 saturated heterocycles. The summed E-state index contributed by atoms with van der Waals surface area (Å²) >= 11 is 0. The molecule has 0 aromatic heterocycles. The normalized spacial score (nSPS) is 9.71. The highest BCUT2D eigenvalue weighted by Crippen LogP contribution is 2.20. The molecule has 1 N–H and O–H groups in total. The zero-order chi connectivity index (χ0) is 12.8. The second kappa shape index (κ2) is 5.85. The van der Waals surface area contributed by atoms with Crippen LogP contribution in [0.5, 0.6) is 0 Å². The summed E-state index contributed by atoms with van der Waals surface area (Å²) in [5.41, 5.74) is 0.863. The molecular formula is C12H13FN2O2. The Morgan fingerprint density at radius 1 is 1.59 bits per heavy atom. The van der Waals surface area contributed by atoms with Crippen molar-refractivity contribution in [1.29, 1.82) is 5.26 Å². The summed E-state index contributed by atoms with van der Waals surface area (Å²) in [6.07, 6.45) is 0.557. The molecule has 1 aromatic rings. The van der Waals surface area contributed by atoms with Crippen LogP contribution in [0, 0.1) is 17.1 Å². The molecule has 1 aromatic carbocycles. The van der Waals surface area contributed by atoms with Crippen molar-refractivity contribution < 1.29 is 14.3 Å². The van der Waals surface area contributed by atoms with Crippen LogP contribution in [0.15, 0.2) is 18.2 Å². The van der Waals surface area contributed by atoms with Crippen LogP contribution < -0.4 is 4.90 Å². The highest BCUT2D eigenvalue weighted by molar-refractivity contribution is 5.66. The zero-order valence-corrected chi connectivity index (χ0v) is 9.48. The molecule has 0 unspecified atom stereocenters. The zero-order valence-electron chi connectivity index (χ0n) is 9.48. The summed E-state index contributed by atoms with van der Waals surface area (Å²) in [5, 5.41) is 17.4. The number of benzene rings is 1. The van der Waals surface area contributed by atoms with E-state index >= 15 is 0 Å². The van der Waals surface area contributed by atoms with Gasteiger partial charge in [-0.05, 0) is 24.6 Å². The Morgan fingerprint density at radius 2 is 2.29 bits per heavy atom. The second-order valence-corrected chi connectivity index (χ2v) is 3.69. The van der Waals surface area contributed by atoms with Gasteiger partial charge in [0.1, 0.15) is 11.9 Å². The summed E-state index contributed by atoms with van der Waals surface area (Å²) in [7, 11) is 1.75. The average molecular weight is 236 g/mol. The predicted octanol–water partition coefficient (Wildman–Crippen LogP) is 2.00. The maximum absolute atomic E-state index is 12.9. The van der Waals surface area contributed by atoms with Gasteiger partial charge in [-0.1, -0.05) is 0 Å². The van der Waals surface area contributed by atoms with Gasteiger partial charge in [-0.25, -0.2) is 4.39 Å². The van der Waals surface area contributed by atoms with Crippen molar-refractivity contribution in [2.24, 2.45) is 0 Å². The van der Waals surface area contributed by atoms with Gasteiger partial charge in [0.05, 0.1) is 11.3 Å². The van der Waals surface area contributed by atoms with Crippen molar-refractivity contribution in [2.75, 3.05) is 18.5 Å². The fourth-order valence-electron chi connectivity index (χ4n) is 1.52. The highest BCUT2D eigenvalue weighted by atomic mass is 19.1. The predicted molar refractivity (Wildman–Crippen MR) is 61.3 cm³/mol. The largest absolute Gasteiger partial charge is 0.481 e. The van der Waals surface area contributed by atoms with Crippen molar-refractivity contribution >= 4 is 11.7 Å². The SMILES string of the molecule is CN(CCCC(=O)O)c1ccc(F)cc1C#N. The van der Waals surface area contributed by atoms with Crippen LogP contribution in [0.4, 0.5) is 10.1 Å². The van der Waals surface area contributed by atoms with Crippen molar-refractivity contribution in [3.05, 3.63) is 29.6 Å². The van der Waals surface area contributed by atoms with E-state index in [1.807, 2.05) is 6.07 Å². The number of halogens is 1. The molecule has 0 radical (unpaired) electrons. The summed E-state index contributed by atoms with van der Waals surface area (Å²) in [4.78, 5) is 12.1. The number of carboxylic acids is 1. The van der Waals surface area contributed by atoms with E-state index in [1.165, 1.54) is 18.2 Å². The third kappa shape index (κ3) is 3.76. The molecule has 17 heavy (non-hydrogen) atoms. The first-order valence-electron chi connectivity index (χ1n) is 5.17. The summed E-state index contributed by atoms with van der Waals surface area (Å²) in [6, 6.07) is 5.89. The number of nitriles is 1. The maximum Gasteiger partial charge on any atom is 0.303 e. The van der Waals surface area contributed by atoms with Gasteiger partial charge in [0.2, 0.25) is 0 Å². The quantitative estimate of drug-likeness (QED) is 0.849. The first kappa shape index (κ1) is 13.0. The van der Waals surface area contributed by atoms with Gasteiger partial charge in [-0.15, -0.1) is 0 Å². The molecule has 0 atom stereocenters. The Hall–Kier alpha value is -2.09. The highest BCUT2D eigenvalue weighted by Gasteiger charge is 2.08. The number of rotatable bonds is 5. The Balaban J connectivity index is 2.72. The molecule has 0 bridgehead atoms. The van der Waals surface area contributed by atoms with Crippen molar-refractivity contribution in [3.63, 3.8) is 0 Å². The van der Waals surface area contributed by atoms with Crippen molar-refractivity contribution in [1.82, 2.24) is 0 Å². The van der Waals surface area contributed by atoms with Gasteiger partial charge < -0.3 is 10.0 Å². The Labute approximate surface area is 98.9 Å². The van der Waals surface area contributed by atoms with Crippen LogP contribution in [0.2, 0.25) is 0 Å². The first-order valence-corrected chi connectivity index (χ1v) is 5.17. The fourth-order valence-corrected chi connectivity index (χ4v) is 1.52. The number of aliphatic carboxylic acids is 1. The molecule has 0 saturated carbocycles. The number of anilines is 1. The van der Waals surface area contributed by atoms with Crippen molar-refractivity contribution in [2.45, 2.75) is 12.8 Å². The number of carbonyl (C=O) groups is 1. The molecular weight excluding hydrogens is 223 g/mol. The first-order chi connectivity index (χ1) is 8.04. The molecule has 0 amide bonds. The molecule has 0 aliphatic carbocycles. The van der Waals surface area contributed by atoms with E-state index in [4.69, 9.17) is 10.4 Å². The molecule has 4 nitrogen and oxygen atoms in total. The summed E-state index contributed by atoms with van der Waals surface area (Å²) < 4.78 is 12.9. The number of carboxylic acid groups (broad SMARTS) is 1. The minimum Gasteiger partial charge on any atom is -0.481 e. The van der Waals surface area contributed by atoms with Crippen LogP contribution >= 0.6 is 0 Å². The molecule has 0 fully saturated rings. The molecule has 0 heterocycles. The van der Waals surface area contributed by atoms with E-state index in [2.05, 4.69) is 0 Å². The van der Waals surface area contributed by atoms with E-state index in [-0.39, 0.29) is 12.0 Å². The van der Waals surface area contributed by atoms with Crippen LogP contribution in [-0.2, 0) is 4.79 Å². The van der Waals surface area contributed by atoms with E-state index in [0.29, 0.717) is 18.7 Å². The average Bonchev–Trinajstić information content (AvgIpc) is 2.28. The number of hydrogen-bond acceptors (Lipinski definition) is 3. The second-order valence-electron chi connectivity index (χ2n) is 3.69. The van der Waals surface area contributed by atoms with Crippen LogP contribution in [-0.4, -0.2) is 24.7 Å². The monoisotopic (exact) mass is 236 g/mol. The van der Waals surface area contributed by atoms with Crippen LogP contribution in [0.25, 0.3) is 0 Å².